The highest BCUT2D eigenvalue weighted by molar-refractivity contribution is 5.78. The molecule has 1 saturated heterocycles. The third kappa shape index (κ3) is 5.57. The monoisotopic (exact) mass is 383 g/mol. The molecular formula is C23H31N2O3+. The van der Waals surface area contributed by atoms with Crippen molar-refractivity contribution in [3.63, 3.8) is 0 Å². The minimum Gasteiger partial charge on any atom is -0.483 e. The van der Waals surface area contributed by atoms with Gasteiger partial charge in [-0.25, -0.2) is 0 Å². The molecule has 28 heavy (non-hydrogen) atoms. The normalized spacial score (nSPS) is 15.8. The molecule has 2 aromatic carbocycles. The lowest BCUT2D eigenvalue weighted by atomic mass is 10.1. The molecule has 1 aliphatic rings. The summed E-state index contributed by atoms with van der Waals surface area (Å²) in [5.41, 5.74) is 4.44. The Bertz CT molecular complexity index is 763. The second-order valence-corrected chi connectivity index (χ2v) is 7.61. The number of hydrogen-bond acceptors (Lipinski definition) is 3. The van der Waals surface area contributed by atoms with E-state index >= 15 is 0 Å². The molecule has 1 amide bonds. The van der Waals surface area contributed by atoms with E-state index in [0.29, 0.717) is 0 Å². The van der Waals surface area contributed by atoms with Gasteiger partial charge in [0.25, 0.3) is 5.91 Å². The zero-order valence-corrected chi connectivity index (χ0v) is 17.1. The number of carbonyl (C=O) groups is 1. The van der Waals surface area contributed by atoms with E-state index in [-0.39, 0.29) is 18.6 Å². The van der Waals surface area contributed by atoms with Gasteiger partial charge in [-0.05, 0) is 37.5 Å². The van der Waals surface area contributed by atoms with E-state index in [4.69, 9.17) is 9.47 Å². The number of carbonyl (C=O) groups excluding carboxylic acids is 1. The average molecular weight is 384 g/mol. The van der Waals surface area contributed by atoms with Crippen LogP contribution in [0.1, 0.15) is 28.3 Å². The van der Waals surface area contributed by atoms with Crippen molar-refractivity contribution in [1.82, 2.24) is 5.32 Å². The fourth-order valence-electron chi connectivity index (χ4n) is 3.86. The number of ether oxygens (including phenoxy) is 2. The van der Waals surface area contributed by atoms with Gasteiger partial charge in [-0.3, -0.25) is 4.79 Å². The molecule has 0 aliphatic carbocycles. The Morgan fingerprint density at radius 3 is 2.39 bits per heavy atom. The molecule has 0 saturated carbocycles. The lowest BCUT2D eigenvalue weighted by molar-refractivity contribution is -0.909. The molecule has 5 nitrogen and oxygen atoms in total. The Morgan fingerprint density at radius 2 is 1.75 bits per heavy atom. The molecule has 0 bridgehead atoms. The average Bonchev–Trinajstić information content (AvgIpc) is 2.68. The molecule has 0 radical (unpaired) electrons. The van der Waals surface area contributed by atoms with Crippen molar-refractivity contribution < 1.29 is 19.2 Å². The summed E-state index contributed by atoms with van der Waals surface area (Å²) in [7, 11) is 0. The molecule has 5 heteroatoms. The fraction of sp³-hybridized carbons (Fsp3) is 0.435. The number of rotatable bonds is 7. The first-order valence-corrected chi connectivity index (χ1v) is 9.99. The van der Waals surface area contributed by atoms with Gasteiger partial charge in [0.15, 0.2) is 6.61 Å². The fourth-order valence-corrected chi connectivity index (χ4v) is 3.86. The zero-order valence-electron chi connectivity index (χ0n) is 17.1. The lowest BCUT2D eigenvalue weighted by Crippen LogP contribution is -3.14. The Morgan fingerprint density at radius 1 is 1.11 bits per heavy atom. The molecular weight excluding hydrogens is 352 g/mol. The van der Waals surface area contributed by atoms with E-state index in [1.54, 1.807) is 0 Å². The van der Waals surface area contributed by atoms with Crippen molar-refractivity contribution in [2.45, 2.75) is 26.8 Å². The van der Waals surface area contributed by atoms with Crippen LogP contribution in [0.2, 0.25) is 0 Å². The predicted molar refractivity (Wildman–Crippen MR) is 110 cm³/mol. The third-order valence-electron chi connectivity index (χ3n) is 5.18. The van der Waals surface area contributed by atoms with E-state index in [2.05, 4.69) is 36.5 Å². The van der Waals surface area contributed by atoms with Gasteiger partial charge in [0.05, 0.1) is 13.2 Å². The number of aryl methyl sites for hydroxylation is 3. The SMILES string of the molecule is Cc1cc(C)c(OCC(=O)N[C@H](C[NH+]2CCOCC2)c2ccccc2)c(C)c1. The quantitative estimate of drug-likeness (QED) is 0.766. The van der Waals surface area contributed by atoms with Gasteiger partial charge in [0.1, 0.15) is 31.4 Å². The van der Waals surface area contributed by atoms with Crippen molar-refractivity contribution in [2.24, 2.45) is 0 Å². The Balaban J connectivity index is 1.64. The summed E-state index contributed by atoms with van der Waals surface area (Å²) in [5.74, 6) is 0.705. The first kappa shape index (κ1) is 20.4. The topological polar surface area (TPSA) is 52.0 Å². The standard InChI is InChI=1S/C23H30N2O3/c1-17-13-18(2)23(19(3)14-17)28-16-22(26)24-21(20-7-5-4-6-8-20)15-25-9-11-27-12-10-25/h4-8,13-14,21H,9-12,15-16H2,1-3H3,(H,24,26)/p+1/t21-/m1/s1. The second kappa shape index (κ2) is 9.71. The summed E-state index contributed by atoms with van der Waals surface area (Å²) < 4.78 is 11.3. The van der Waals surface area contributed by atoms with E-state index < -0.39 is 0 Å². The van der Waals surface area contributed by atoms with Crippen LogP contribution in [0.4, 0.5) is 0 Å². The minimum atomic E-state index is -0.0964. The van der Waals surface area contributed by atoms with Gasteiger partial charge in [-0.2, -0.15) is 0 Å². The van der Waals surface area contributed by atoms with E-state index in [1.807, 2.05) is 32.0 Å². The van der Waals surface area contributed by atoms with Crippen LogP contribution in [-0.4, -0.2) is 45.4 Å². The molecule has 3 rings (SSSR count). The van der Waals surface area contributed by atoms with Crippen LogP contribution in [-0.2, 0) is 9.53 Å². The Kier molecular flexibility index (Phi) is 7.06. The highest BCUT2D eigenvalue weighted by Gasteiger charge is 2.23. The molecule has 1 fully saturated rings. The molecule has 2 aromatic rings. The summed E-state index contributed by atoms with van der Waals surface area (Å²) in [6, 6.07) is 14.3. The van der Waals surface area contributed by atoms with E-state index in [0.717, 1.165) is 55.3 Å². The van der Waals surface area contributed by atoms with Crippen LogP contribution in [0.5, 0.6) is 5.75 Å². The molecule has 0 aromatic heterocycles. The van der Waals surface area contributed by atoms with Crippen LogP contribution in [0.15, 0.2) is 42.5 Å². The maximum absolute atomic E-state index is 12.7. The van der Waals surface area contributed by atoms with Gasteiger partial charge < -0.3 is 19.7 Å². The van der Waals surface area contributed by atoms with Crippen LogP contribution < -0.4 is 15.0 Å². The van der Waals surface area contributed by atoms with Gasteiger partial charge in [0, 0.05) is 0 Å². The summed E-state index contributed by atoms with van der Waals surface area (Å²) in [5, 5.41) is 3.18. The minimum absolute atomic E-state index is 0.0204. The van der Waals surface area contributed by atoms with E-state index in [9.17, 15) is 4.79 Å². The van der Waals surface area contributed by atoms with E-state index in [1.165, 1.54) is 10.5 Å². The van der Waals surface area contributed by atoms with Gasteiger partial charge in [-0.1, -0.05) is 48.0 Å². The zero-order chi connectivity index (χ0) is 19.9. The van der Waals surface area contributed by atoms with Crippen molar-refractivity contribution in [2.75, 3.05) is 39.5 Å². The number of nitrogens with one attached hydrogen (secondary N) is 2. The predicted octanol–water partition coefficient (Wildman–Crippen LogP) is 1.76. The summed E-state index contributed by atoms with van der Waals surface area (Å²) in [6.45, 7) is 10.5. The summed E-state index contributed by atoms with van der Waals surface area (Å²) in [6.07, 6.45) is 0. The molecule has 1 heterocycles. The molecule has 150 valence electrons. The Hall–Kier alpha value is -2.37. The van der Waals surface area contributed by atoms with Crippen molar-refractivity contribution in [3.8, 4) is 5.75 Å². The smallest absolute Gasteiger partial charge is 0.258 e. The molecule has 1 atom stereocenters. The highest BCUT2D eigenvalue weighted by atomic mass is 16.5. The summed E-state index contributed by atoms with van der Waals surface area (Å²) >= 11 is 0. The lowest BCUT2D eigenvalue weighted by Gasteiger charge is -2.28. The van der Waals surface area contributed by atoms with Gasteiger partial charge in [-0.15, -0.1) is 0 Å². The summed E-state index contributed by atoms with van der Waals surface area (Å²) in [4.78, 5) is 14.1. The first-order valence-electron chi connectivity index (χ1n) is 9.99. The van der Waals surface area contributed by atoms with Crippen LogP contribution in [0.3, 0.4) is 0 Å². The number of hydrogen-bond donors (Lipinski definition) is 2. The first-order chi connectivity index (χ1) is 13.5. The second-order valence-electron chi connectivity index (χ2n) is 7.61. The van der Waals surface area contributed by atoms with Crippen LogP contribution in [0.25, 0.3) is 0 Å². The van der Waals surface area contributed by atoms with Crippen molar-refractivity contribution in [3.05, 3.63) is 64.7 Å². The van der Waals surface area contributed by atoms with Crippen LogP contribution >= 0.6 is 0 Å². The van der Waals surface area contributed by atoms with Gasteiger partial charge >= 0.3 is 0 Å². The maximum atomic E-state index is 12.7. The largest absolute Gasteiger partial charge is 0.483 e. The molecule has 0 spiro atoms. The number of amides is 1. The van der Waals surface area contributed by atoms with Gasteiger partial charge in [0.2, 0.25) is 0 Å². The highest BCUT2D eigenvalue weighted by Crippen LogP contribution is 2.24. The number of benzene rings is 2. The van der Waals surface area contributed by atoms with Crippen LogP contribution in [0, 0.1) is 20.8 Å². The third-order valence-corrected chi connectivity index (χ3v) is 5.18. The Labute approximate surface area is 167 Å². The molecule has 2 N–H and O–H groups in total. The van der Waals surface area contributed by atoms with Crippen molar-refractivity contribution in [1.29, 1.82) is 0 Å². The number of morpholine rings is 1. The molecule has 1 aliphatic heterocycles. The molecule has 0 unspecified atom stereocenters. The maximum Gasteiger partial charge on any atom is 0.258 e. The number of quaternary nitrogens is 1. The van der Waals surface area contributed by atoms with Crippen molar-refractivity contribution >= 4 is 5.91 Å².